The van der Waals surface area contributed by atoms with Gasteiger partial charge >= 0.3 is 0 Å². The molecule has 25 heavy (non-hydrogen) atoms. The van der Waals surface area contributed by atoms with E-state index < -0.39 is 16.7 Å². The normalized spacial score (nSPS) is 10.4. The Morgan fingerprint density at radius 1 is 1.08 bits per heavy atom. The van der Waals surface area contributed by atoms with Crippen LogP contribution in [0.4, 0.5) is 11.4 Å². The van der Waals surface area contributed by atoms with E-state index >= 15 is 0 Å². The minimum Gasteiger partial charge on any atom is -0.361 e. The molecule has 126 valence electrons. The van der Waals surface area contributed by atoms with Gasteiger partial charge in [0.25, 0.3) is 11.6 Å². The largest absolute Gasteiger partial charge is 0.361 e. The summed E-state index contributed by atoms with van der Waals surface area (Å²) in [6, 6.07) is 12.8. The van der Waals surface area contributed by atoms with E-state index in [4.69, 9.17) is 0 Å². The van der Waals surface area contributed by atoms with Crippen molar-refractivity contribution in [1.82, 2.24) is 10.3 Å². The van der Waals surface area contributed by atoms with E-state index in [1.807, 2.05) is 6.07 Å². The van der Waals surface area contributed by atoms with Gasteiger partial charge in [-0.05, 0) is 24.3 Å². The highest BCUT2D eigenvalue weighted by Gasteiger charge is 2.16. The first-order valence-corrected chi connectivity index (χ1v) is 7.44. The van der Waals surface area contributed by atoms with E-state index in [1.54, 1.807) is 30.5 Å². The van der Waals surface area contributed by atoms with Crippen molar-refractivity contribution in [2.24, 2.45) is 0 Å². The van der Waals surface area contributed by atoms with Crippen LogP contribution in [0.1, 0.15) is 10.4 Å². The highest BCUT2D eigenvalue weighted by Crippen LogP contribution is 2.23. The number of nitro benzene ring substituents is 1. The van der Waals surface area contributed by atoms with Gasteiger partial charge in [-0.15, -0.1) is 0 Å². The molecule has 2 aromatic carbocycles. The summed E-state index contributed by atoms with van der Waals surface area (Å²) in [7, 11) is 0. The third kappa shape index (κ3) is 3.47. The predicted octanol–water partition coefficient (Wildman–Crippen LogP) is 2.44. The number of fused-ring (bicyclic) bond motifs is 1. The molecule has 0 bridgehead atoms. The first-order chi connectivity index (χ1) is 12.1. The second-order valence-corrected chi connectivity index (χ2v) is 5.25. The number of carbonyl (C=O) groups is 2. The lowest BCUT2D eigenvalue weighted by Crippen LogP contribution is -2.33. The molecule has 1 heterocycles. The number of H-pyrrole nitrogens is 1. The van der Waals surface area contributed by atoms with Crippen LogP contribution in [-0.4, -0.2) is 28.3 Å². The Labute approximate surface area is 142 Å². The Morgan fingerprint density at radius 3 is 2.68 bits per heavy atom. The molecular formula is C17H14N4O4. The van der Waals surface area contributed by atoms with Gasteiger partial charge in [-0.25, -0.2) is 0 Å². The molecule has 0 fully saturated rings. The van der Waals surface area contributed by atoms with Gasteiger partial charge in [0.2, 0.25) is 5.91 Å². The number of hydrogen-bond donors (Lipinski definition) is 3. The number of carbonyl (C=O) groups excluding carboxylic acids is 2. The van der Waals surface area contributed by atoms with Crippen LogP contribution in [0.15, 0.2) is 54.7 Å². The van der Waals surface area contributed by atoms with Crippen molar-refractivity contribution in [2.75, 3.05) is 11.9 Å². The molecule has 0 saturated heterocycles. The van der Waals surface area contributed by atoms with E-state index in [1.165, 1.54) is 18.2 Å². The van der Waals surface area contributed by atoms with Crippen molar-refractivity contribution < 1.29 is 14.5 Å². The molecule has 8 nitrogen and oxygen atoms in total. The molecule has 8 heteroatoms. The molecule has 0 aliphatic carbocycles. The number of hydrogen-bond acceptors (Lipinski definition) is 4. The number of aromatic amines is 1. The highest BCUT2D eigenvalue weighted by molar-refractivity contribution is 6.07. The minimum atomic E-state index is -0.583. The van der Waals surface area contributed by atoms with Crippen LogP contribution in [0.3, 0.4) is 0 Å². The molecule has 0 unspecified atom stereocenters. The van der Waals surface area contributed by atoms with E-state index in [9.17, 15) is 19.7 Å². The zero-order chi connectivity index (χ0) is 17.8. The lowest BCUT2D eigenvalue weighted by molar-refractivity contribution is -0.383. The average molecular weight is 338 g/mol. The topological polar surface area (TPSA) is 117 Å². The van der Waals surface area contributed by atoms with E-state index in [-0.39, 0.29) is 17.9 Å². The Hall–Kier alpha value is -3.68. The molecule has 2 amide bonds. The molecule has 0 saturated carbocycles. The summed E-state index contributed by atoms with van der Waals surface area (Å²) in [6.45, 7) is -0.300. The Kier molecular flexibility index (Phi) is 4.42. The number of nitrogens with one attached hydrogen (secondary N) is 3. The minimum absolute atomic E-state index is 0.0829. The molecule has 0 aliphatic heterocycles. The van der Waals surface area contributed by atoms with Crippen molar-refractivity contribution in [3.8, 4) is 0 Å². The van der Waals surface area contributed by atoms with Crippen LogP contribution in [-0.2, 0) is 4.79 Å². The van der Waals surface area contributed by atoms with Crippen LogP contribution < -0.4 is 10.6 Å². The Balaban J connectivity index is 1.66. The fourth-order valence-electron chi connectivity index (χ4n) is 2.47. The third-order valence-corrected chi connectivity index (χ3v) is 3.62. The highest BCUT2D eigenvalue weighted by atomic mass is 16.6. The van der Waals surface area contributed by atoms with Crippen LogP contribution in [0.25, 0.3) is 10.9 Å². The zero-order valence-electron chi connectivity index (χ0n) is 13.0. The summed E-state index contributed by atoms with van der Waals surface area (Å²) in [6.07, 6.45) is 1.72. The molecule has 1 aromatic heterocycles. The zero-order valence-corrected chi connectivity index (χ0v) is 13.0. The Morgan fingerprint density at radius 2 is 1.88 bits per heavy atom. The van der Waals surface area contributed by atoms with Gasteiger partial charge in [-0.1, -0.05) is 18.2 Å². The predicted molar refractivity (Wildman–Crippen MR) is 92.4 cm³/mol. The average Bonchev–Trinajstić information content (AvgIpc) is 3.08. The van der Waals surface area contributed by atoms with Crippen LogP contribution >= 0.6 is 0 Å². The van der Waals surface area contributed by atoms with Crippen LogP contribution in [0.5, 0.6) is 0 Å². The maximum atomic E-state index is 12.3. The lowest BCUT2D eigenvalue weighted by atomic mass is 10.1. The van der Waals surface area contributed by atoms with Gasteiger partial charge in [0, 0.05) is 28.7 Å². The van der Waals surface area contributed by atoms with Crippen molar-refractivity contribution in [3.63, 3.8) is 0 Å². The number of aromatic nitrogens is 1. The van der Waals surface area contributed by atoms with Gasteiger partial charge in [0.05, 0.1) is 11.5 Å². The quantitative estimate of drug-likeness (QED) is 0.489. The summed E-state index contributed by atoms with van der Waals surface area (Å²) >= 11 is 0. The smallest absolute Gasteiger partial charge is 0.292 e. The maximum absolute atomic E-state index is 12.3. The fourth-order valence-corrected chi connectivity index (χ4v) is 2.47. The standard InChI is InChI=1S/C17H14N4O4/c22-16(20-14-5-1-2-7-15(14)21(24)25)10-19-17(23)12-4-3-6-13-11(12)8-9-18-13/h1-9,18H,10H2,(H,19,23)(H,20,22). The summed E-state index contributed by atoms with van der Waals surface area (Å²) in [5.41, 5.74) is 1.13. The first-order valence-electron chi connectivity index (χ1n) is 7.44. The van der Waals surface area contributed by atoms with E-state index in [0.29, 0.717) is 5.56 Å². The van der Waals surface area contributed by atoms with Crippen molar-refractivity contribution in [1.29, 1.82) is 0 Å². The van der Waals surface area contributed by atoms with Crippen LogP contribution in [0.2, 0.25) is 0 Å². The number of benzene rings is 2. The van der Waals surface area contributed by atoms with Gasteiger partial charge in [0.1, 0.15) is 5.69 Å². The molecule has 3 N–H and O–H groups in total. The number of nitro groups is 1. The molecule has 3 aromatic rings. The number of rotatable bonds is 5. The lowest BCUT2D eigenvalue weighted by Gasteiger charge is -2.08. The molecule has 0 atom stereocenters. The van der Waals surface area contributed by atoms with E-state index in [2.05, 4.69) is 15.6 Å². The maximum Gasteiger partial charge on any atom is 0.292 e. The summed E-state index contributed by atoms with van der Waals surface area (Å²) in [5.74, 6) is -0.952. The SMILES string of the molecule is O=C(CNC(=O)c1cccc2[nH]ccc12)Nc1ccccc1[N+](=O)[O-]. The fraction of sp³-hybridized carbons (Fsp3) is 0.0588. The van der Waals surface area contributed by atoms with Crippen molar-refractivity contribution in [3.05, 3.63) is 70.4 Å². The van der Waals surface area contributed by atoms with Crippen molar-refractivity contribution in [2.45, 2.75) is 0 Å². The number of amides is 2. The second kappa shape index (κ2) is 6.83. The molecular weight excluding hydrogens is 324 g/mol. The van der Waals surface area contributed by atoms with Gasteiger partial charge in [-0.2, -0.15) is 0 Å². The van der Waals surface area contributed by atoms with Crippen LogP contribution in [0, 0.1) is 10.1 Å². The Bertz CT molecular complexity index is 964. The molecule has 0 aliphatic rings. The molecule has 3 rings (SSSR count). The molecule has 0 spiro atoms. The molecule has 0 radical (unpaired) electrons. The third-order valence-electron chi connectivity index (χ3n) is 3.62. The van der Waals surface area contributed by atoms with Crippen molar-refractivity contribution >= 4 is 34.1 Å². The van der Waals surface area contributed by atoms with E-state index in [0.717, 1.165) is 10.9 Å². The van der Waals surface area contributed by atoms with Gasteiger partial charge in [0.15, 0.2) is 0 Å². The number of nitrogens with zero attached hydrogens (tertiary/aromatic N) is 1. The van der Waals surface area contributed by atoms with Gasteiger partial charge < -0.3 is 15.6 Å². The number of para-hydroxylation sites is 2. The summed E-state index contributed by atoms with van der Waals surface area (Å²) < 4.78 is 0. The van der Waals surface area contributed by atoms with Gasteiger partial charge in [-0.3, -0.25) is 19.7 Å². The first kappa shape index (κ1) is 16.2. The second-order valence-electron chi connectivity index (χ2n) is 5.25. The summed E-state index contributed by atoms with van der Waals surface area (Å²) in [5, 5.41) is 16.6. The monoisotopic (exact) mass is 338 g/mol. The summed E-state index contributed by atoms with van der Waals surface area (Å²) in [4.78, 5) is 37.6. The number of anilines is 1.